The first-order chi connectivity index (χ1) is 12.0. The number of halogens is 3. The van der Waals surface area contributed by atoms with Gasteiger partial charge in [-0.15, -0.1) is 0 Å². The molecule has 1 N–H and O–H groups in total. The van der Waals surface area contributed by atoms with E-state index in [0.717, 1.165) is 0 Å². The van der Waals surface area contributed by atoms with Crippen LogP contribution in [0.15, 0.2) is 42.7 Å². The van der Waals surface area contributed by atoms with E-state index in [2.05, 4.69) is 15.3 Å². The molecule has 0 radical (unpaired) electrons. The number of hydrogen-bond donors (Lipinski definition) is 1. The molecule has 0 aliphatic carbocycles. The number of benzene rings is 2. The summed E-state index contributed by atoms with van der Waals surface area (Å²) in [6.45, 7) is 0. The number of rotatable bonds is 3. The largest absolute Gasteiger partial charge is 0.337 e. The summed E-state index contributed by atoms with van der Waals surface area (Å²) in [7, 11) is 0. The van der Waals surface area contributed by atoms with Crippen LogP contribution in [-0.4, -0.2) is 9.97 Å². The zero-order chi connectivity index (χ0) is 18.0. The number of nitrogens with one attached hydrogen (secondary N) is 1. The standard InChI is InChI=1S/C17H9Cl2FN4/c18-13-6-10(2-1-5-21)7-14(19)16(13)24-17-12-8-11(20)3-4-15(12)22-9-23-17/h1-4,6-9H,(H,22,23,24)/i9D. The number of allylic oxidation sites excluding steroid dienone is 1. The fourth-order valence-corrected chi connectivity index (χ4v) is 2.74. The summed E-state index contributed by atoms with van der Waals surface area (Å²) in [5, 5.41) is 12.5. The van der Waals surface area contributed by atoms with Gasteiger partial charge in [-0.05, 0) is 42.0 Å². The van der Waals surface area contributed by atoms with E-state index in [1.54, 1.807) is 18.2 Å². The third-order valence-electron chi connectivity index (χ3n) is 3.20. The van der Waals surface area contributed by atoms with Crippen molar-refractivity contribution in [1.29, 1.82) is 5.26 Å². The van der Waals surface area contributed by atoms with E-state index in [1.807, 2.05) is 6.07 Å². The molecule has 3 rings (SSSR count). The van der Waals surface area contributed by atoms with Crippen molar-refractivity contribution in [1.82, 2.24) is 9.97 Å². The predicted molar refractivity (Wildman–Crippen MR) is 93.9 cm³/mol. The number of nitriles is 1. The van der Waals surface area contributed by atoms with Gasteiger partial charge in [0.15, 0.2) is 0 Å². The van der Waals surface area contributed by atoms with Crippen molar-refractivity contribution in [3.05, 3.63) is 64.1 Å². The smallest absolute Gasteiger partial charge is 0.141 e. The molecular formula is C17H9Cl2FN4. The zero-order valence-electron chi connectivity index (χ0n) is 13.0. The maximum atomic E-state index is 13.6. The van der Waals surface area contributed by atoms with Crippen LogP contribution in [0, 0.1) is 17.1 Å². The van der Waals surface area contributed by atoms with Gasteiger partial charge in [0.2, 0.25) is 0 Å². The lowest BCUT2D eigenvalue weighted by atomic mass is 10.1. The molecule has 0 saturated heterocycles. The number of aromatic nitrogens is 2. The summed E-state index contributed by atoms with van der Waals surface area (Å²) < 4.78 is 21.3. The second kappa shape index (κ2) is 6.83. The third kappa shape index (κ3) is 3.30. The fourth-order valence-electron chi connectivity index (χ4n) is 2.14. The van der Waals surface area contributed by atoms with Crippen molar-refractivity contribution in [2.75, 3.05) is 5.32 Å². The lowest BCUT2D eigenvalue weighted by molar-refractivity contribution is 0.629. The summed E-state index contributed by atoms with van der Waals surface area (Å²) in [5.41, 5.74) is 1.44. The van der Waals surface area contributed by atoms with E-state index >= 15 is 0 Å². The van der Waals surface area contributed by atoms with Gasteiger partial charge >= 0.3 is 0 Å². The molecule has 0 amide bonds. The number of nitrogens with zero attached hydrogens (tertiary/aromatic N) is 3. The van der Waals surface area contributed by atoms with E-state index in [4.69, 9.17) is 29.8 Å². The topological polar surface area (TPSA) is 61.6 Å². The van der Waals surface area contributed by atoms with Crippen LogP contribution in [0.5, 0.6) is 0 Å². The van der Waals surface area contributed by atoms with Gasteiger partial charge in [0.05, 0.1) is 27.3 Å². The van der Waals surface area contributed by atoms with Gasteiger partial charge < -0.3 is 5.32 Å². The highest BCUT2D eigenvalue weighted by Gasteiger charge is 2.11. The average Bonchev–Trinajstić information content (AvgIpc) is 2.56. The highest BCUT2D eigenvalue weighted by atomic mass is 35.5. The molecule has 0 spiro atoms. The van der Waals surface area contributed by atoms with Crippen molar-refractivity contribution in [2.24, 2.45) is 0 Å². The first kappa shape index (κ1) is 14.9. The van der Waals surface area contributed by atoms with Crippen molar-refractivity contribution in [3.63, 3.8) is 0 Å². The second-order valence-corrected chi connectivity index (χ2v) is 5.60. The van der Waals surface area contributed by atoms with Crippen LogP contribution < -0.4 is 5.32 Å². The summed E-state index contributed by atoms with van der Waals surface area (Å²) in [4.78, 5) is 7.95. The SMILES string of the molecule is [2H]c1nc(Nc2c(Cl)cc(C=CC#N)cc2Cl)c2cc(F)ccc2n1. The van der Waals surface area contributed by atoms with Gasteiger partial charge in [-0.25, -0.2) is 14.4 Å². The summed E-state index contributed by atoms with van der Waals surface area (Å²) >= 11 is 12.5. The van der Waals surface area contributed by atoms with Crippen LogP contribution >= 0.6 is 23.2 Å². The first-order valence-electron chi connectivity index (χ1n) is 7.24. The van der Waals surface area contributed by atoms with Crippen molar-refractivity contribution >= 4 is 51.7 Å². The third-order valence-corrected chi connectivity index (χ3v) is 3.80. The molecule has 0 saturated carbocycles. The molecular weight excluding hydrogens is 350 g/mol. The zero-order valence-corrected chi connectivity index (χ0v) is 13.5. The van der Waals surface area contributed by atoms with Gasteiger partial charge in [-0.1, -0.05) is 23.2 Å². The Morgan fingerprint density at radius 2 is 1.96 bits per heavy atom. The van der Waals surface area contributed by atoms with Gasteiger partial charge in [0, 0.05) is 11.5 Å². The van der Waals surface area contributed by atoms with Crippen LogP contribution in [0.4, 0.5) is 15.9 Å². The Morgan fingerprint density at radius 1 is 1.21 bits per heavy atom. The van der Waals surface area contributed by atoms with Gasteiger partial charge in [0.25, 0.3) is 0 Å². The Hall–Kier alpha value is -2.68. The Balaban J connectivity index is 2.09. The minimum absolute atomic E-state index is 0.220. The molecule has 0 atom stereocenters. The van der Waals surface area contributed by atoms with Crippen LogP contribution in [0.2, 0.25) is 10.0 Å². The highest BCUT2D eigenvalue weighted by Crippen LogP contribution is 2.35. The fraction of sp³-hybridized carbons (Fsp3) is 0. The summed E-state index contributed by atoms with van der Waals surface area (Å²) in [5.74, 6) is -0.232. The molecule has 4 nitrogen and oxygen atoms in total. The molecule has 0 bridgehead atoms. The average molecular weight is 360 g/mol. The molecule has 1 heterocycles. The van der Waals surface area contributed by atoms with Crippen molar-refractivity contribution < 1.29 is 5.76 Å². The van der Waals surface area contributed by atoms with Gasteiger partial charge in [0.1, 0.15) is 19.3 Å². The molecule has 0 fully saturated rings. The van der Waals surface area contributed by atoms with Crippen LogP contribution in [0.3, 0.4) is 0 Å². The van der Waals surface area contributed by atoms with Crippen LogP contribution in [0.1, 0.15) is 6.93 Å². The van der Waals surface area contributed by atoms with E-state index in [0.29, 0.717) is 32.2 Å². The minimum atomic E-state index is -0.453. The maximum Gasteiger partial charge on any atom is 0.141 e. The van der Waals surface area contributed by atoms with Crippen LogP contribution in [0.25, 0.3) is 17.0 Å². The van der Waals surface area contributed by atoms with E-state index < -0.39 is 5.82 Å². The first-order valence-corrected chi connectivity index (χ1v) is 7.49. The number of hydrogen-bond acceptors (Lipinski definition) is 4. The maximum absolute atomic E-state index is 13.6. The molecule has 24 heavy (non-hydrogen) atoms. The quantitative estimate of drug-likeness (QED) is 0.639. The number of anilines is 2. The Morgan fingerprint density at radius 3 is 2.67 bits per heavy atom. The number of fused-ring (bicyclic) bond motifs is 1. The Bertz CT molecular complexity index is 1020. The molecule has 7 heteroatoms. The molecule has 1 aromatic heterocycles. The van der Waals surface area contributed by atoms with Crippen LogP contribution in [-0.2, 0) is 0 Å². The van der Waals surface area contributed by atoms with Gasteiger partial charge in [-0.3, -0.25) is 0 Å². The summed E-state index contributed by atoms with van der Waals surface area (Å²) in [6, 6.07) is 9.12. The molecule has 0 aliphatic rings. The molecule has 3 aromatic rings. The van der Waals surface area contributed by atoms with Gasteiger partial charge in [-0.2, -0.15) is 5.26 Å². The predicted octanol–water partition coefficient (Wildman–Crippen LogP) is 5.36. The minimum Gasteiger partial charge on any atom is -0.337 e. The van der Waals surface area contributed by atoms with E-state index in [-0.39, 0.29) is 12.1 Å². The molecule has 2 aromatic carbocycles. The molecule has 0 aliphatic heterocycles. The lowest BCUT2D eigenvalue weighted by Gasteiger charge is -2.12. The second-order valence-electron chi connectivity index (χ2n) is 4.78. The molecule has 118 valence electrons. The monoisotopic (exact) mass is 359 g/mol. The Kier molecular flexibility index (Phi) is 4.24. The lowest BCUT2D eigenvalue weighted by Crippen LogP contribution is -1.98. The van der Waals surface area contributed by atoms with Crippen molar-refractivity contribution in [2.45, 2.75) is 0 Å². The van der Waals surface area contributed by atoms with Crippen molar-refractivity contribution in [3.8, 4) is 6.07 Å². The molecule has 0 unspecified atom stereocenters. The Labute approximate surface area is 148 Å². The highest BCUT2D eigenvalue weighted by molar-refractivity contribution is 6.39. The summed E-state index contributed by atoms with van der Waals surface area (Å²) in [6.07, 6.45) is 2.66. The van der Waals surface area contributed by atoms with E-state index in [9.17, 15) is 4.39 Å². The normalized spacial score (nSPS) is 11.5. The van der Waals surface area contributed by atoms with E-state index in [1.165, 1.54) is 24.3 Å².